The molecule has 0 aliphatic rings. The van der Waals surface area contributed by atoms with E-state index >= 15 is 0 Å². The summed E-state index contributed by atoms with van der Waals surface area (Å²) in [5.41, 5.74) is 2.08. The number of halogens is 1. The lowest BCUT2D eigenvalue weighted by molar-refractivity contribution is 0.182. The van der Waals surface area contributed by atoms with E-state index in [-0.39, 0.29) is 11.9 Å². The number of rotatable bonds is 9. The molecule has 3 nitrogen and oxygen atoms in total. The number of hydrogen-bond acceptors (Lipinski definition) is 3. The number of nitrogens with zero attached hydrogens (tertiary/aromatic N) is 1. The lowest BCUT2D eigenvalue weighted by atomic mass is 10.1. The summed E-state index contributed by atoms with van der Waals surface area (Å²) in [6.07, 6.45) is 0. The first-order valence-electron chi connectivity index (χ1n) is 7.74. The minimum absolute atomic E-state index is 0.185. The van der Waals surface area contributed by atoms with Gasteiger partial charge in [0.2, 0.25) is 0 Å². The Labute approximate surface area is 128 Å². The number of hydrogen-bond donors (Lipinski definition) is 1. The van der Waals surface area contributed by atoms with Crippen molar-refractivity contribution in [1.82, 2.24) is 5.32 Å². The van der Waals surface area contributed by atoms with Crippen molar-refractivity contribution in [3.05, 3.63) is 29.6 Å². The highest BCUT2D eigenvalue weighted by atomic mass is 19.1. The number of methoxy groups -OCH3 is 1. The van der Waals surface area contributed by atoms with Gasteiger partial charge in [-0.3, -0.25) is 0 Å². The van der Waals surface area contributed by atoms with Crippen LogP contribution in [0.5, 0.6) is 0 Å². The zero-order chi connectivity index (χ0) is 15.8. The third kappa shape index (κ3) is 5.64. The molecule has 0 heterocycles. The standard InChI is InChI=1S/C17H29FN2O/c1-6-20(14(4)12-21-5)17-8-7-16(18)9-15(17)11-19-10-13(2)3/h7-9,13-14,19H,6,10-12H2,1-5H3. The zero-order valence-electron chi connectivity index (χ0n) is 13.9. The summed E-state index contributed by atoms with van der Waals surface area (Å²) in [6.45, 7) is 11.7. The molecule has 1 atom stereocenters. The van der Waals surface area contributed by atoms with Crippen LogP contribution in [-0.4, -0.2) is 32.8 Å². The summed E-state index contributed by atoms with van der Waals surface area (Å²) in [5.74, 6) is 0.396. The summed E-state index contributed by atoms with van der Waals surface area (Å²) in [7, 11) is 1.71. The Morgan fingerprint density at radius 3 is 2.57 bits per heavy atom. The third-order valence-electron chi connectivity index (χ3n) is 3.50. The van der Waals surface area contributed by atoms with Crippen molar-refractivity contribution in [3.63, 3.8) is 0 Å². The van der Waals surface area contributed by atoms with E-state index in [1.165, 1.54) is 6.07 Å². The summed E-state index contributed by atoms with van der Waals surface area (Å²) in [5, 5.41) is 3.39. The Morgan fingerprint density at radius 1 is 1.29 bits per heavy atom. The molecule has 0 aliphatic heterocycles. The van der Waals surface area contributed by atoms with Gasteiger partial charge in [0, 0.05) is 31.9 Å². The molecule has 0 radical (unpaired) electrons. The van der Waals surface area contributed by atoms with Crippen molar-refractivity contribution in [1.29, 1.82) is 0 Å². The van der Waals surface area contributed by atoms with Gasteiger partial charge in [-0.1, -0.05) is 13.8 Å². The van der Waals surface area contributed by atoms with E-state index in [9.17, 15) is 4.39 Å². The van der Waals surface area contributed by atoms with Crippen LogP contribution in [0.3, 0.4) is 0 Å². The van der Waals surface area contributed by atoms with Crippen LogP contribution in [0, 0.1) is 11.7 Å². The molecule has 0 amide bonds. The zero-order valence-corrected chi connectivity index (χ0v) is 13.9. The Balaban J connectivity index is 2.92. The average molecular weight is 296 g/mol. The highest BCUT2D eigenvalue weighted by Gasteiger charge is 2.16. The van der Waals surface area contributed by atoms with E-state index in [2.05, 4.69) is 37.9 Å². The lowest BCUT2D eigenvalue weighted by Gasteiger charge is -2.31. The van der Waals surface area contributed by atoms with Crippen LogP contribution >= 0.6 is 0 Å². The van der Waals surface area contributed by atoms with Crippen LogP contribution in [0.1, 0.15) is 33.3 Å². The van der Waals surface area contributed by atoms with E-state index in [4.69, 9.17) is 4.74 Å². The number of nitrogens with one attached hydrogen (secondary N) is 1. The predicted octanol–water partition coefficient (Wildman–Crippen LogP) is 3.43. The fraction of sp³-hybridized carbons (Fsp3) is 0.647. The second-order valence-electron chi connectivity index (χ2n) is 5.89. The Hall–Kier alpha value is -1.13. The Morgan fingerprint density at radius 2 is 2.00 bits per heavy atom. The molecule has 0 aliphatic carbocycles. The molecule has 1 N–H and O–H groups in total. The van der Waals surface area contributed by atoms with Crippen molar-refractivity contribution < 1.29 is 9.13 Å². The van der Waals surface area contributed by atoms with E-state index in [0.29, 0.717) is 19.1 Å². The molecule has 120 valence electrons. The van der Waals surface area contributed by atoms with Gasteiger partial charge in [-0.2, -0.15) is 0 Å². The minimum atomic E-state index is -0.185. The first kappa shape index (κ1) is 17.9. The molecule has 4 heteroatoms. The normalized spacial score (nSPS) is 12.7. The smallest absolute Gasteiger partial charge is 0.123 e. The quantitative estimate of drug-likeness (QED) is 0.755. The van der Waals surface area contributed by atoms with Gasteiger partial charge in [-0.25, -0.2) is 4.39 Å². The average Bonchev–Trinajstić information content (AvgIpc) is 2.41. The largest absolute Gasteiger partial charge is 0.383 e. The van der Waals surface area contributed by atoms with Crippen molar-refractivity contribution in [2.45, 2.75) is 40.3 Å². The van der Waals surface area contributed by atoms with E-state index in [1.807, 2.05) is 6.07 Å². The van der Waals surface area contributed by atoms with Crippen molar-refractivity contribution in [2.24, 2.45) is 5.92 Å². The van der Waals surface area contributed by atoms with Gasteiger partial charge in [0.1, 0.15) is 5.82 Å². The number of likely N-dealkylation sites (N-methyl/N-ethyl adjacent to an activating group) is 1. The van der Waals surface area contributed by atoms with Gasteiger partial charge in [0.15, 0.2) is 0 Å². The van der Waals surface area contributed by atoms with Crippen LogP contribution in [0.4, 0.5) is 10.1 Å². The topological polar surface area (TPSA) is 24.5 Å². The van der Waals surface area contributed by atoms with Gasteiger partial charge < -0.3 is 15.0 Å². The molecular weight excluding hydrogens is 267 g/mol. The van der Waals surface area contributed by atoms with E-state index in [1.54, 1.807) is 13.2 Å². The maximum Gasteiger partial charge on any atom is 0.123 e. The van der Waals surface area contributed by atoms with Gasteiger partial charge in [-0.15, -0.1) is 0 Å². The number of anilines is 1. The monoisotopic (exact) mass is 296 g/mol. The van der Waals surface area contributed by atoms with E-state index < -0.39 is 0 Å². The SMILES string of the molecule is CCN(c1ccc(F)cc1CNCC(C)C)C(C)COC. The van der Waals surface area contributed by atoms with Gasteiger partial charge >= 0.3 is 0 Å². The number of benzene rings is 1. The molecule has 1 rings (SSSR count). The predicted molar refractivity (Wildman–Crippen MR) is 87.3 cm³/mol. The maximum atomic E-state index is 13.6. The van der Waals surface area contributed by atoms with Crippen LogP contribution in [0.25, 0.3) is 0 Å². The molecule has 1 unspecified atom stereocenters. The summed E-state index contributed by atoms with van der Waals surface area (Å²) >= 11 is 0. The minimum Gasteiger partial charge on any atom is -0.383 e. The van der Waals surface area contributed by atoms with Crippen LogP contribution in [0.15, 0.2) is 18.2 Å². The molecule has 0 saturated heterocycles. The summed E-state index contributed by atoms with van der Waals surface area (Å²) < 4.78 is 18.8. The molecule has 0 saturated carbocycles. The molecule has 0 spiro atoms. The van der Waals surface area contributed by atoms with Crippen LogP contribution in [0.2, 0.25) is 0 Å². The first-order valence-corrected chi connectivity index (χ1v) is 7.74. The molecule has 0 aromatic heterocycles. The van der Waals surface area contributed by atoms with Crippen molar-refractivity contribution >= 4 is 5.69 Å². The fourth-order valence-corrected chi connectivity index (χ4v) is 2.52. The van der Waals surface area contributed by atoms with Gasteiger partial charge in [-0.05, 0) is 50.1 Å². The summed E-state index contributed by atoms with van der Waals surface area (Å²) in [4.78, 5) is 2.26. The maximum absolute atomic E-state index is 13.6. The molecule has 1 aromatic carbocycles. The Bertz CT molecular complexity index is 423. The van der Waals surface area contributed by atoms with Crippen molar-refractivity contribution in [2.75, 3.05) is 31.7 Å². The fourth-order valence-electron chi connectivity index (χ4n) is 2.52. The molecule has 1 aromatic rings. The second-order valence-corrected chi connectivity index (χ2v) is 5.89. The van der Waals surface area contributed by atoms with Gasteiger partial charge in [0.25, 0.3) is 0 Å². The molecule has 0 fully saturated rings. The first-order chi connectivity index (χ1) is 9.99. The van der Waals surface area contributed by atoms with Crippen LogP contribution in [-0.2, 0) is 11.3 Å². The second kappa shape index (κ2) is 9.00. The third-order valence-corrected chi connectivity index (χ3v) is 3.50. The number of ether oxygens (including phenoxy) is 1. The van der Waals surface area contributed by atoms with Gasteiger partial charge in [0.05, 0.1) is 6.61 Å². The van der Waals surface area contributed by atoms with Crippen molar-refractivity contribution in [3.8, 4) is 0 Å². The van der Waals surface area contributed by atoms with E-state index in [0.717, 1.165) is 24.3 Å². The lowest BCUT2D eigenvalue weighted by Crippen LogP contribution is -2.37. The summed E-state index contributed by atoms with van der Waals surface area (Å²) in [6, 6.07) is 5.29. The highest BCUT2D eigenvalue weighted by Crippen LogP contribution is 2.24. The molecule has 0 bridgehead atoms. The Kier molecular flexibility index (Phi) is 7.68. The molecular formula is C17H29FN2O. The molecule has 21 heavy (non-hydrogen) atoms. The highest BCUT2D eigenvalue weighted by molar-refractivity contribution is 5.54. The van der Waals surface area contributed by atoms with Crippen LogP contribution < -0.4 is 10.2 Å².